The maximum atomic E-state index is 9.19. The summed E-state index contributed by atoms with van der Waals surface area (Å²) in [5, 5.41) is 19.8. The van der Waals surface area contributed by atoms with Crippen LogP contribution in [0, 0.1) is 5.92 Å². The van der Waals surface area contributed by atoms with Crippen LogP contribution in [0.15, 0.2) is 0 Å². The summed E-state index contributed by atoms with van der Waals surface area (Å²) in [4.78, 5) is 3.97. The quantitative estimate of drug-likeness (QED) is 0.869. The number of anilines is 1. The van der Waals surface area contributed by atoms with Crippen LogP contribution in [0.4, 0.5) is 5.82 Å². The smallest absolute Gasteiger partial charge is 0.245 e. The highest BCUT2D eigenvalue weighted by molar-refractivity contribution is 6.32. The molecule has 2 atom stereocenters. The van der Waals surface area contributed by atoms with Crippen LogP contribution in [0.1, 0.15) is 19.3 Å². The molecule has 1 aromatic rings. The molecule has 0 aliphatic heterocycles. The first-order valence-corrected chi connectivity index (χ1v) is 5.89. The Morgan fingerprint density at radius 1 is 1.31 bits per heavy atom. The van der Waals surface area contributed by atoms with Crippen molar-refractivity contribution < 1.29 is 5.11 Å². The molecule has 5 nitrogen and oxygen atoms in total. The Morgan fingerprint density at radius 3 is 2.88 bits per heavy atom. The molecule has 0 radical (unpaired) electrons. The third-order valence-electron chi connectivity index (χ3n) is 2.84. The van der Waals surface area contributed by atoms with Crippen molar-refractivity contribution in [3.63, 3.8) is 0 Å². The number of aromatic nitrogens is 3. The molecule has 1 fully saturated rings. The van der Waals surface area contributed by atoms with E-state index in [1.165, 1.54) is 0 Å². The molecular weight excluding hydrogens is 251 g/mol. The van der Waals surface area contributed by atoms with Crippen molar-refractivity contribution >= 4 is 29.0 Å². The lowest BCUT2D eigenvalue weighted by atomic mass is 10.1. The summed E-state index contributed by atoms with van der Waals surface area (Å²) in [7, 11) is 0. The summed E-state index contributed by atoms with van der Waals surface area (Å²) < 4.78 is 0. The van der Waals surface area contributed by atoms with Gasteiger partial charge in [-0.1, -0.05) is 18.0 Å². The van der Waals surface area contributed by atoms with Crippen LogP contribution in [0.3, 0.4) is 0 Å². The van der Waals surface area contributed by atoms with Crippen molar-refractivity contribution in [1.29, 1.82) is 0 Å². The van der Waals surface area contributed by atoms with E-state index in [4.69, 9.17) is 23.2 Å². The molecule has 2 N–H and O–H groups in total. The number of hydrogen-bond donors (Lipinski definition) is 2. The number of halogens is 2. The molecular formula is C9H12Cl2N4O. The third kappa shape index (κ3) is 2.53. The molecule has 1 saturated carbocycles. The molecule has 0 aromatic carbocycles. The van der Waals surface area contributed by atoms with Gasteiger partial charge in [-0.05, 0) is 24.4 Å². The molecule has 0 amide bonds. The monoisotopic (exact) mass is 262 g/mol. The first kappa shape index (κ1) is 11.8. The number of nitrogens with zero attached hydrogens (tertiary/aromatic N) is 3. The topological polar surface area (TPSA) is 70.9 Å². The predicted molar refractivity (Wildman–Crippen MR) is 61.7 cm³/mol. The van der Waals surface area contributed by atoms with E-state index in [0.717, 1.165) is 19.3 Å². The van der Waals surface area contributed by atoms with Gasteiger partial charge in [-0.15, -0.1) is 10.2 Å². The highest BCUT2D eigenvalue weighted by Crippen LogP contribution is 2.29. The van der Waals surface area contributed by atoms with Crippen LogP contribution in [0.25, 0.3) is 0 Å². The second-order valence-electron chi connectivity index (χ2n) is 3.84. The van der Waals surface area contributed by atoms with Gasteiger partial charge in [-0.3, -0.25) is 0 Å². The van der Waals surface area contributed by atoms with Crippen LogP contribution < -0.4 is 5.32 Å². The largest absolute Gasteiger partial charge is 0.396 e. The number of rotatable bonds is 3. The lowest BCUT2D eigenvalue weighted by molar-refractivity contribution is 0.222. The summed E-state index contributed by atoms with van der Waals surface area (Å²) in [5.41, 5.74) is 0. The van der Waals surface area contributed by atoms with Gasteiger partial charge in [0.05, 0.1) is 0 Å². The van der Waals surface area contributed by atoms with E-state index in [0.29, 0.717) is 5.82 Å². The molecule has 2 unspecified atom stereocenters. The fourth-order valence-electron chi connectivity index (χ4n) is 2.01. The molecule has 88 valence electrons. The molecule has 1 aliphatic rings. The predicted octanol–water partition coefficient (Wildman–Crippen LogP) is 1.75. The van der Waals surface area contributed by atoms with Crippen LogP contribution >= 0.6 is 23.2 Å². The zero-order valence-corrected chi connectivity index (χ0v) is 10.0. The minimum Gasteiger partial charge on any atom is -0.396 e. The second kappa shape index (κ2) is 5.12. The van der Waals surface area contributed by atoms with Crippen molar-refractivity contribution in [2.45, 2.75) is 25.3 Å². The molecule has 1 aromatic heterocycles. The fourth-order valence-corrected chi connectivity index (χ4v) is 2.26. The first-order valence-electron chi connectivity index (χ1n) is 5.14. The van der Waals surface area contributed by atoms with E-state index in [2.05, 4.69) is 20.5 Å². The Hall–Kier alpha value is -0.650. The van der Waals surface area contributed by atoms with E-state index in [1.807, 2.05) is 0 Å². The van der Waals surface area contributed by atoms with Crippen LogP contribution in [0.5, 0.6) is 0 Å². The van der Waals surface area contributed by atoms with Crippen molar-refractivity contribution in [2.24, 2.45) is 5.92 Å². The number of nitrogens with one attached hydrogen (secondary N) is 1. The van der Waals surface area contributed by atoms with Gasteiger partial charge in [0.2, 0.25) is 5.28 Å². The average Bonchev–Trinajstić information content (AvgIpc) is 2.71. The molecule has 2 rings (SSSR count). The van der Waals surface area contributed by atoms with Gasteiger partial charge in [0.1, 0.15) is 0 Å². The Balaban J connectivity index is 2.11. The number of aliphatic hydroxyl groups excluding tert-OH is 1. The Labute approximate surface area is 103 Å². The zero-order chi connectivity index (χ0) is 11.5. The van der Waals surface area contributed by atoms with E-state index < -0.39 is 0 Å². The van der Waals surface area contributed by atoms with E-state index >= 15 is 0 Å². The summed E-state index contributed by atoms with van der Waals surface area (Å²) >= 11 is 11.5. The summed E-state index contributed by atoms with van der Waals surface area (Å²) in [6.45, 7) is 0.168. The third-order valence-corrected chi connectivity index (χ3v) is 3.25. The lowest BCUT2D eigenvalue weighted by Crippen LogP contribution is -2.27. The molecule has 16 heavy (non-hydrogen) atoms. The van der Waals surface area contributed by atoms with Crippen molar-refractivity contribution in [2.75, 3.05) is 11.9 Å². The van der Waals surface area contributed by atoms with Crippen molar-refractivity contribution in [3.05, 3.63) is 10.4 Å². The number of hydrogen-bond acceptors (Lipinski definition) is 5. The standard InChI is InChI=1S/C9H12Cl2N4O/c10-7-8(13-9(11)15-14-7)12-6-3-1-2-5(6)4-16/h5-6,16H,1-4H2,(H,12,13,15). The van der Waals surface area contributed by atoms with E-state index in [9.17, 15) is 5.11 Å². The Kier molecular flexibility index (Phi) is 3.78. The molecule has 1 heterocycles. The van der Waals surface area contributed by atoms with Gasteiger partial charge in [0.15, 0.2) is 11.0 Å². The molecule has 0 saturated heterocycles. The van der Waals surface area contributed by atoms with Gasteiger partial charge in [-0.25, -0.2) is 0 Å². The van der Waals surface area contributed by atoms with Gasteiger partial charge in [0, 0.05) is 18.6 Å². The Morgan fingerprint density at radius 2 is 2.12 bits per heavy atom. The Bertz CT molecular complexity index is 377. The van der Waals surface area contributed by atoms with Gasteiger partial charge < -0.3 is 10.4 Å². The SMILES string of the molecule is OCC1CCCC1Nc1nc(Cl)nnc1Cl. The summed E-state index contributed by atoms with van der Waals surface area (Å²) in [5.74, 6) is 0.678. The molecule has 1 aliphatic carbocycles. The van der Waals surface area contributed by atoms with Gasteiger partial charge in [0.25, 0.3) is 0 Å². The fraction of sp³-hybridized carbons (Fsp3) is 0.667. The normalized spacial score (nSPS) is 24.7. The van der Waals surface area contributed by atoms with Crippen molar-refractivity contribution in [3.8, 4) is 0 Å². The zero-order valence-electron chi connectivity index (χ0n) is 8.53. The second-order valence-corrected chi connectivity index (χ2v) is 4.54. The maximum Gasteiger partial charge on any atom is 0.245 e. The maximum absolute atomic E-state index is 9.19. The average molecular weight is 263 g/mol. The van der Waals surface area contributed by atoms with E-state index in [-0.39, 0.29) is 29.0 Å². The van der Waals surface area contributed by atoms with E-state index in [1.54, 1.807) is 0 Å². The van der Waals surface area contributed by atoms with Crippen LogP contribution in [0.2, 0.25) is 10.4 Å². The van der Waals surface area contributed by atoms with Gasteiger partial charge >= 0.3 is 0 Å². The highest BCUT2D eigenvalue weighted by atomic mass is 35.5. The molecule has 7 heteroatoms. The minimum absolute atomic E-state index is 0.0606. The first-order chi connectivity index (χ1) is 7.70. The van der Waals surface area contributed by atoms with Crippen molar-refractivity contribution in [1.82, 2.24) is 15.2 Å². The number of aliphatic hydroxyl groups is 1. The summed E-state index contributed by atoms with van der Waals surface area (Å²) in [6, 6.07) is 0.176. The summed E-state index contributed by atoms with van der Waals surface area (Å²) in [6.07, 6.45) is 3.09. The minimum atomic E-state index is 0.0606. The highest BCUT2D eigenvalue weighted by Gasteiger charge is 2.27. The molecule has 0 spiro atoms. The van der Waals surface area contributed by atoms with Crippen LogP contribution in [-0.4, -0.2) is 32.9 Å². The van der Waals surface area contributed by atoms with Crippen LogP contribution in [-0.2, 0) is 0 Å². The lowest BCUT2D eigenvalue weighted by Gasteiger charge is -2.19. The molecule has 0 bridgehead atoms. The van der Waals surface area contributed by atoms with Gasteiger partial charge in [-0.2, -0.15) is 4.98 Å².